The lowest BCUT2D eigenvalue weighted by Gasteiger charge is -2.29. The first kappa shape index (κ1) is 15.2. The predicted molar refractivity (Wildman–Crippen MR) is 81.6 cm³/mol. The van der Waals surface area contributed by atoms with Crippen LogP contribution in [0.1, 0.15) is 24.8 Å². The van der Waals surface area contributed by atoms with Gasteiger partial charge in [-0.25, -0.2) is 0 Å². The van der Waals surface area contributed by atoms with Crippen LogP contribution < -0.4 is 5.32 Å². The fourth-order valence-corrected chi connectivity index (χ4v) is 3.82. The molecule has 0 radical (unpaired) electrons. The highest BCUT2D eigenvalue weighted by molar-refractivity contribution is 8.00. The standard InChI is InChI=1S/C14H17ClN2O2S/c1-3-16-13(19)9(2)17-12(18)8-20-14(17)10-6-4-5-7-11(10)15/h4-7,9,14H,3,8H2,1-2H3,(H,16,19). The van der Waals surface area contributed by atoms with E-state index in [4.69, 9.17) is 11.6 Å². The van der Waals surface area contributed by atoms with Gasteiger partial charge in [-0.05, 0) is 19.9 Å². The van der Waals surface area contributed by atoms with Crippen LogP contribution in [-0.2, 0) is 9.59 Å². The maximum absolute atomic E-state index is 12.1. The van der Waals surface area contributed by atoms with Crippen LogP contribution in [0, 0.1) is 0 Å². The molecule has 1 aromatic rings. The number of nitrogens with one attached hydrogen (secondary N) is 1. The van der Waals surface area contributed by atoms with Gasteiger partial charge in [0.2, 0.25) is 11.8 Å². The van der Waals surface area contributed by atoms with Crippen LogP contribution in [0.2, 0.25) is 5.02 Å². The van der Waals surface area contributed by atoms with E-state index in [0.717, 1.165) is 5.56 Å². The topological polar surface area (TPSA) is 49.4 Å². The number of carbonyl (C=O) groups is 2. The Hall–Kier alpha value is -1.20. The Balaban J connectivity index is 2.27. The second-order valence-corrected chi connectivity index (χ2v) is 6.03. The van der Waals surface area contributed by atoms with E-state index in [2.05, 4.69) is 5.32 Å². The monoisotopic (exact) mass is 312 g/mol. The predicted octanol–water partition coefficient (Wildman–Crippen LogP) is 2.44. The molecule has 0 saturated carbocycles. The van der Waals surface area contributed by atoms with Crippen molar-refractivity contribution in [2.75, 3.05) is 12.3 Å². The zero-order chi connectivity index (χ0) is 14.7. The van der Waals surface area contributed by atoms with Crippen molar-refractivity contribution in [1.82, 2.24) is 10.2 Å². The highest BCUT2D eigenvalue weighted by Gasteiger charge is 2.39. The number of nitrogens with zero attached hydrogens (tertiary/aromatic N) is 1. The molecule has 0 aliphatic carbocycles. The van der Waals surface area contributed by atoms with Crippen molar-refractivity contribution in [2.45, 2.75) is 25.3 Å². The van der Waals surface area contributed by atoms with E-state index in [1.54, 1.807) is 17.9 Å². The van der Waals surface area contributed by atoms with Crippen LogP contribution in [0.25, 0.3) is 0 Å². The van der Waals surface area contributed by atoms with Gasteiger partial charge in [-0.2, -0.15) is 0 Å². The summed E-state index contributed by atoms with van der Waals surface area (Å²) in [6.07, 6.45) is 0. The van der Waals surface area contributed by atoms with Gasteiger partial charge in [0, 0.05) is 17.1 Å². The molecular formula is C14H17ClN2O2S. The summed E-state index contributed by atoms with van der Waals surface area (Å²) in [5.41, 5.74) is 0.876. The number of halogens is 1. The van der Waals surface area contributed by atoms with Crippen molar-refractivity contribution >= 4 is 35.2 Å². The SMILES string of the molecule is CCNC(=O)C(C)N1C(=O)CSC1c1ccccc1Cl. The molecule has 2 unspecified atom stereocenters. The summed E-state index contributed by atoms with van der Waals surface area (Å²) in [4.78, 5) is 25.7. The zero-order valence-electron chi connectivity index (χ0n) is 11.4. The minimum Gasteiger partial charge on any atom is -0.355 e. The second-order valence-electron chi connectivity index (χ2n) is 4.56. The van der Waals surface area contributed by atoms with E-state index in [0.29, 0.717) is 17.3 Å². The largest absolute Gasteiger partial charge is 0.355 e. The maximum Gasteiger partial charge on any atom is 0.242 e. The van der Waals surface area contributed by atoms with Crippen LogP contribution in [0.15, 0.2) is 24.3 Å². The van der Waals surface area contributed by atoms with E-state index < -0.39 is 6.04 Å². The van der Waals surface area contributed by atoms with Gasteiger partial charge in [-0.3, -0.25) is 9.59 Å². The molecule has 4 nitrogen and oxygen atoms in total. The third-order valence-electron chi connectivity index (χ3n) is 3.22. The van der Waals surface area contributed by atoms with Crippen LogP contribution >= 0.6 is 23.4 Å². The van der Waals surface area contributed by atoms with E-state index in [1.165, 1.54) is 11.8 Å². The summed E-state index contributed by atoms with van der Waals surface area (Å²) >= 11 is 7.71. The number of thioether (sulfide) groups is 1. The molecular weight excluding hydrogens is 296 g/mol. The Morgan fingerprint density at radius 3 is 2.90 bits per heavy atom. The average molecular weight is 313 g/mol. The Morgan fingerprint density at radius 2 is 2.25 bits per heavy atom. The van der Waals surface area contributed by atoms with Gasteiger partial charge in [0.15, 0.2) is 0 Å². The van der Waals surface area contributed by atoms with Crippen molar-refractivity contribution < 1.29 is 9.59 Å². The molecule has 20 heavy (non-hydrogen) atoms. The molecule has 2 atom stereocenters. The number of likely N-dealkylation sites (N-methyl/N-ethyl adjacent to an activating group) is 1. The van der Waals surface area contributed by atoms with E-state index in [-0.39, 0.29) is 17.2 Å². The Bertz CT molecular complexity index is 524. The molecule has 2 rings (SSSR count). The van der Waals surface area contributed by atoms with Crippen molar-refractivity contribution in [1.29, 1.82) is 0 Å². The normalized spacial score (nSPS) is 20.1. The van der Waals surface area contributed by atoms with Gasteiger partial charge in [0.1, 0.15) is 11.4 Å². The number of hydrogen-bond acceptors (Lipinski definition) is 3. The first-order chi connectivity index (χ1) is 9.56. The molecule has 0 spiro atoms. The Kier molecular flexibility index (Phi) is 4.94. The van der Waals surface area contributed by atoms with Crippen LogP contribution in [0.5, 0.6) is 0 Å². The minimum atomic E-state index is -0.501. The molecule has 1 heterocycles. The third kappa shape index (κ3) is 2.94. The summed E-state index contributed by atoms with van der Waals surface area (Å²) in [5.74, 6) is 0.207. The lowest BCUT2D eigenvalue weighted by molar-refractivity contribution is -0.137. The summed E-state index contributed by atoms with van der Waals surface area (Å²) < 4.78 is 0. The number of carbonyl (C=O) groups excluding carboxylic acids is 2. The third-order valence-corrected chi connectivity index (χ3v) is 4.78. The number of rotatable bonds is 4. The second kappa shape index (κ2) is 6.50. The summed E-state index contributed by atoms with van der Waals surface area (Å²) in [6.45, 7) is 4.16. The fraction of sp³-hybridized carbons (Fsp3) is 0.429. The molecule has 1 fully saturated rings. The summed E-state index contributed by atoms with van der Waals surface area (Å²) in [6, 6.07) is 6.94. The smallest absolute Gasteiger partial charge is 0.242 e. The highest BCUT2D eigenvalue weighted by Crippen LogP contribution is 2.42. The first-order valence-corrected chi connectivity index (χ1v) is 7.93. The lowest BCUT2D eigenvalue weighted by atomic mass is 10.1. The van der Waals surface area contributed by atoms with Crippen molar-refractivity contribution in [3.05, 3.63) is 34.9 Å². The van der Waals surface area contributed by atoms with Crippen LogP contribution in [0.3, 0.4) is 0 Å². The highest BCUT2D eigenvalue weighted by atomic mass is 35.5. The van der Waals surface area contributed by atoms with Crippen LogP contribution in [0.4, 0.5) is 0 Å². The Labute approximate surface area is 127 Å². The molecule has 108 valence electrons. The average Bonchev–Trinajstić information content (AvgIpc) is 2.80. The van der Waals surface area contributed by atoms with Gasteiger partial charge in [-0.15, -0.1) is 11.8 Å². The van der Waals surface area contributed by atoms with Gasteiger partial charge in [-0.1, -0.05) is 29.8 Å². The van der Waals surface area contributed by atoms with Crippen LogP contribution in [-0.4, -0.2) is 35.1 Å². The molecule has 1 aliphatic heterocycles. The van der Waals surface area contributed by atoms with Gasteiger partial charge < -0.3 is 10.2 Å². The number of benzene rings is 1. The molecule has 2 amide bonds. The van der Waals surface area contributed by atoms with Gasteiger partial charge in [0.05, 0.1) is 5.75 Å². The molecule has 0 bridgehead atoms. The van der Waals surface area contributed by atoms with Crippen molar-refractivity contribution in [3.8, 4) is 0 Å². The molecule has 6 heteroatoms. The van der Waals surface area contributed by atoms with E-state index in [9.17, 15) is 9.59 Å². The van der Waals surface area contributed by atoms with Gasteiger partial charge in [0.25, 0.3) is 0 Å². The first-order valence-electron chi connectivity index (χ1n) is 6.51. The summed E-state index contributed by atoms with van der Waals surface area (Å²) in [5, 5.41) is 3.17. The molecule has 1 saturated heterocycles. The maximum atomic E-state index is 12.1. The molecule has 1 aliphatic rings. The minimum absolute atomic E-state index is 0.0290. The zero-order valence-corrected chi connectivity index (χ0v) is 13.0. The molecule has 1 aromatic carbocycles. The fourth-order valence-electron chi connectivity index (χ4n) is 2.22. The van der Waals surface area contributed by atoms with Crippen molar-refractivity contribution in [3.63, 3.8) is 0 Å². The number of hydrogen-bond donors (Lipinski definition) is 1. The number of amides is 2. The van der Waals surface area contributed by atoms with Crippen molar-refractivity contribution in [2.24, 2.45) is 0 Å². The van der Waals surface area contributed by atoms with E-state index in [1.807, 2.05) is 25.1 Å². The molecule has 0 aromatic heterocycles. The lowest BCUT2D eigenvalue weighted by Crippen LogP contribution is -2.46. The quantitative estimate of drug-likeness (QED) is 0.929. The summed E-state index contributed by atoms with van der Waals surface area (Å²) in [7, 11) is 0. The van der Waals surface area contributed by atoms with Gasteiger partial charge >= 0.3 is 0 Å². The van der Waals surface area contributed by atoms with E-state index >= 15 is 0 Å². The Morgan fingerprint density at radius 1 is 1.55 bits per heavy atom. The molecule has 1 N–H and O–H groups in total.